The first-order valence-electron chi connectivity index (χ1n) is 14.7. The van der Waals surface area contributed by atoms with Crippen molar-refractivity contribution < 1.29 is 9.66 Å². The number of amides is 1. The Morgan fingerprint density at radius 2 is 1.78 bits per heavy atom. The van der Waals surface area contributed by atoms with Crippen LogP contribution in [0.15, 0.2) is 58.1 Å². The van der Waals surface area contributed by atoms with Gasteiger partial charge >= 0.3 is 17.3 Å². The standard InChI is InChI=1S/C32H30N9O4/c1-4-5-17-38-27-28(36(3)32(44)39(30(27)43)19-26-33-20(2)22-12-6-8-14-24(22)34-26)35-31(38)37-16-10-11-21(18-37)40-29(42)23-13-7-9-15-25(23)41(40)45/h6-9,12-15,21H,10-11,16-19H2,1-3H3/q+1/t21-/m1/s1. The number of hydrogen-bond donors (Lipinski definition) is 0. The molecule has 0 bridgehead atoms. The molecule has 2 aromatic carbocycles. The average molecular weight is 605 g/mol. The van der Waals surface area contributed by atoms with E-state index in [1.54, 1.807) is 42.8 Å². The number of fused-ring (bicyclic) bond motifs is 3. The maximum atomic E-state index is 14.1. The highest BCUT2D eigenvalue weighted by atomic mass is 16.3. The number of anilines is 1. The van der Waals surface area contributed by atoms with Crippen LogP contribution in [0.1, 0.15) is 41.6 Å². The van der Waals surface area contributed by atoms with Crippen molar-refractivity contribution in [1.29, 1.82) is 0 Å². The van der Waals surface area contributed by atoms with Gasteiger partial charge in [0.15, 0.2) is 16.0 Å². The zero-order valence-electron chi connectivity index (χ0n) is 25.1. The second-order valence-corrected chi connectivity index (χ2v) is 11.3. The number of hydrogen-bond acceptors (Lipinski definition) is 8. The lowest BCUT2D eigenvalue weighted by atomic mass is 10.1. The van der Waals surface area contributed by atoms with Crippen molar-refractivity contribution in [3.05, 3.63) is 91.4 Å². The first-order chi connectivity index (χ1) is 21.8. The van der Waals surface area contributed by atoms with Crippen LogP contribution >= 0.6 is 0 Å². The number of rotatable bonds is 5. The summed E-state index contributed by atoms with van der Waals surface area (Å²) >= 11 is 0. The summed E-state index contributed by atoms with van der Waals surface area (Å²) in [6.07, 6.45) is 1.31. The summed E-state index contributed by atoms with van der Waals surface area (Å²) in [5.41, 5.74) is 1.56. The number of carbonyl (C=O) groups is 1. The van der Waals surface area contributed by atoms with Crippen LogP contribution in [0.4, 0.5) is 11.6 Å². The molecule has 2 aliphatic rings. The van der Waals surface area contributed by atoms with Crippen LogP contribution in [0, 0.1) is 23.7 Å². The number of aryl methyl sites for hydroxylation is 2. The third-order valence-corrected chi connectivity index (χ3v) is 8.54. The van der Waals surface area contributed by atoms with Gasteiger partial charge in [-0.3, -0.25) is 23.3 Å². The number of benzene rings is 2. The van der Waals surface area contributed by atoms with Crippen molar-refractivity contribution in [3.8, 4) is 11.8 Å². The number of para-hydroxylation sites is 2. The van der Waals surface area contributed by atoms with Gasteiger partial charge in [-0.05, 0) is 38.8 Å². The van der Waals surface area contributed by atoms with Gasteiger partial charge in [-0.1, -0.05) is 41.3 Å². The Bertz CT molecular complexity index is 2200. The Morgan fingerprint density at radius 3 is 2.58 bits per heavy atom. The Kier molecular flexibility index (Phi) is 6.77. The van der Waals surface area contributed by atoms with Gasteiger partial charge in [-0.2, -0.15) is 4.98 Å². The first kappa shape index (κ1) is 28.1. The Labute approximate surface area is 256 Å². The molecule has 0 saturated carbocycles. The highest BCUT2D eigenvalue weighted by Crippen LogP contribution is 2.33. The quantitative estimate of drug-likeness (QED) is 0.221. The predicted octanol–water partition coefficient (Wildman–Crippen LogP) is 2.67. The van der Waals surface area contributed by atoms with E-state index in [4.69, 9.17) is 4.98 Å². The molecule has 5 aromatic rings. The van der Waals surface area contributed by atoms with E-state index in [1.165, 1.54) is 9.58 Å². The lowest BCUT2D eigenvalue weighted by Crippen LogP contribution is -2.51. The fourth-order valence-electron chi connectivity index (χ4n) is 6.35. The number of aromatic nitrogens is 6. The molecular weight excluding hydrogens is 574 g/mol. The minimum Gasteiger partial charge on any atom is -0.340 e. The maximum absolute atomic E-state index is 14.1. The molecule has 0 unspecified atom stereocenters. The molecule has 0 radical (unpaired) electrons. The van der Waals surface area contributed by atoms with E-state index in [2.05, 4.69) is 21.8 Å². The summed E-state index contributed by atoms with van der Waals surface area (Å²) in [7, 11) is 1.58. The predicted molar refractivity (Wildman–Crippen MR) is 167 cm³/mol. The molecule has 1 atom stereocenters. The van der Waals surface area contributed by atoms with E-state index in [0.717, 1.165) is 21.2 Å². The monoisotopic (exact) mass is 604 g/mol. The van der Waals surface area contributed by atoms with E-state index in [0.29, 0.717) is 53.8 Å². The Morgan fingerprint density at radius 1 is 1.00 bits per heavy atom. The summed E-state index contributed by atoms with van der Waals surface area (Å²) in [5, 5.41) is 2.17. The molecule has 1 saturated heterocycles. The Hall–Kier alpha value is -5.64. The van der Waals surface area contributed by atoms with Gasteiger partial charge in [0, 0.05) is 37.3 Å². The molecule has 0 N–H and O–H groups in total. The zero-order chi connectivity index (χ0) is 31.4. The highest BCUT2D eigenvalue weighted by Gasteiger charge is 2.49. The van der Waals surface area contributed by atoms with Gasteiger partial charge in [-0.15, -0.1) is 5.92 Å². The number of hydrazine groups is 1. The van der Waals surface area contributed by atoms with Crippen molar-refractivity contribution in [2.45, 2.75) is 45.8 Å². The van der Waals surface area contributed by atoms with Gasteiger partial charge in [0.25, 0.3) is 5.56 Å². The first-order valence-corrected chi connectivity index (χ1v) is 14.7. The second kappa shape index (κ2) is 10.8. The number of nitrogens with zero attached hydrogens (tertiary/aromatic N) is 9. The molecular formula is C32H30N9O4+. The van der Waals surface area contributed by atoms with Crippen LogP contribution in [0.5, 0.6) is 0 Å². The topological polar surface area (TPSA) is 131 Å². The molecule has 0 spiro atoms. The molecule has 7 rings (SSSR count). The number of nitroso groups, excluding NO2 is 1. The minimum absolute atomic E-state index is 0.115. The average Bonchev–Trinajstić information content (AvgIpc) is 3.56. The molecule has 2 aliphatic heterocycles. The summed E-state index contributed by atoms with van der Waals surface area (Å²) in [4.78, 5) is 70.7. The maximum Gasteiger partial charge on any atom is 0.332 e. The molecule has 226 valence electrons. The van der Waals surface area contributed by atoms with Crippen molar-refractivity contribution >= 4 is 39.6 Å². The van der Waals surface area contributed by atoms with Gasteiger partial charge in [0.2, 0.25) is 5.95 Å². The normalized spacial score (nSPS) is 16.4. The fraction of sp³-hybridized carbons (Fsp3) is 0.312. The number of piperidine rings is 1. The zero-order valence-corrected chi connectivity index (χ0v) is 25.1. The molecule has 5 heterocycles. The van der Waals surface area contributed by atoms with E-state index >= 15 is 0 Å². The van der Waals surface area contributed by atoms with E-state index < -0.39 is 17.3 Å². The molecule has 13 nitrogen and oxygen atoms in total. The van der Waals surface area contributed by atoms with Gasteiger partial charge in [-0.25, -0.2) is 14.8 Å². The Balaban J connectivity index is 1.30. The van der Waals surface area contributed by atoms with Crippen LogP contribution in [-0.4, -0.2) is 63.6 Å². The molecule has 1 amide bonds. The molecule has 3 aromatic heterocycles. The SMILES string of the molecule is CC#CCn1c(N2CCC[C@@H](N3C(=O)c4ccccc4[N+]3=O)C2)nc2c1c(=O)n(Cc1nc(C)c3ccccc3n1)c(=O)n2C. The summed E-state index contributed by atoms with van der Waals surface area (Å²) in [5.74, 6) is 6.38. The minimum atomic E-state index is -0.543. The molecule has 13 heteroatoms. The lowest BCUT2D eigenvalue weighted by Gasteiger charge is -2.33. The molecule has 0 aliphatic carbocycles. The van der Waals surface area contributed by atoms with Gasteiger partial charge < -0.3 is 4.90 Å². The number of imidazole rings is 1. The van der Waals surface area contributed by atoms with Crippen molar-refractivity contribution in [2.75, 3.05) is 18.0 Å². The summed E-state index contributed by atoms with van der Waals surface area (Å²) < 4.78 is 4.20. The van der Waals surface area contributed by atoms with E-state index in [1.807, 2.05) is 36.1 Å². The smallest absolute Gasteiger partial charge is 0.332 e. The van der Waals surface area contributed by atoms with Crippen LogP contribution in [-0.2, 0) is 20.1 Å². The van der Waals surface area contributed by atoms with Gasteiger partial charge in [0.05, 0.1) is 23.5 Å². The van der Waals surface area contributed by atoms with Crippen molar-refractivity contribution in [1.82, 2.24) is 33.7 Å². The van der Waals surface area contributed by atoms with Crippen molar-refractivity contribution in [2.24, 2.45) is 7.05 Å². The van der Waals surface area contributed by atoms with Crippen LogP contribution in [0.2, 0.25) is 0 Å². The van der Waals surface area contributed by atoms with E-state index in [-0.39, 0.29) is 30.2 Å². The van der Waals surface area contributed by atoms with Crippen LogP contribution in [0.25, 0.3) is 22.1 Å². The summed E-state index contributed by atoms with van der Waals surface area (Å²) in [6.45, 7) is 4.52. The highest BCUT2D eigenvalue weighted by molar-refractivity contribution is 5.99. The fourth-order valence-corrected chi connectivity index (χ4v) is 6.35. The third kappa shape index (κ3) is 4.48. The van der Waals surface area contributed by atoms with Crippen LogP contribution in [0.3, 0.4) is 0 Å². The largest absolute Gasteiger partial charge is 0.340 e. The third-order valence-electron chi connectivity index (χ3n) is 8.54. The molecule has 45 heavy (non-hydrogen) atoms. The summed E-state index contributed by atoms with van der Waals surface area (Å²) in [6, 6.07) is 13.9. The van der Waals surface area contributed by atoms with Gasteiger partial charge in [0.1, 0.15) is 17.4 Å². The van der Waals surface area contributed by atoms with E-state index in [9.17, 15) is 19.3 Å². The number of carbonyl (C=O) groups excluding carboxylic acids is 1. The van der Waals surface area contributed by atoms with Crippen molar-refractivity contribution in [3.63, 3.8) is 0 Å². The molecule has 1 fully saturated rings. The second-order valence-electron chi connectivity index (χ2n) is 11.3. The van der Waals surface area contributed by atoms with Crippen LogP contribution < -0.4 is 16.1 Å². The lowest BCUT2D eigenvalue weighted by molar-refractivity contribution is -0.619.